The molecule has 23 heavy (non-hydrogen) atoms. The second-order valence-electron chi connectivity index (χ2n) is 4.68. The van der Waals surface area contributed by atoms with Crippen molar-refractivity contribution in [2.24, 2.45) is 0 Å². The minimum atomic E-state index is -0.244. The van der Waals surface area contributed by atoms with E-state index in [1.807, 2.05) is 35.7 Å². The zero-order valence-corrected chi connectivity index (χ0v) is 13.1. The maximum Gasteiger partial charge on any atom is 0.280 e. The van der Waals surface area contributed by atoms with Crippen molar-refractivity contribution >= 4 is 22.4 Å². The molecule has 0 bridgehead atoms. The fraction of sp³-hybridized carbons (Fsp3) is 0.0588. The second-order valence-corrected chi connectivity index (χ2v) is 5.51. The molecule has 0 saturated heterocycles. The minimum Gasteiger partial charge on any atom is -0.279 e. The van der Waals surface area contributed by atoms with Crippen LogP contribution in [0.2, 0.25) is 0 Å². The lowest BCUT2D eigenvalue weighted by atomic mass is 10.2. The van der Waals surface area contributed by atoms with Crippen LogP contribution in [0.3, 0.4) is 0 Å². The van der Waals surface area contributed by atoms with Gasteiger partial charge in [0, 0.05) is 29.9 Å². The Balaban J connectivity index is 1.92. The van der Waals surface area contributed by atoms with Gasteiger partial charge < -0.3 is 0 Å². The molecule has 0 aliphatic heterocycles. The first-order valence-corrected chi connectivity index (χ1v) is 7.87. The van der Waals surface area contributed by atoms with E-state index in [-0.39, 0.29) is 11.6 Å². The van der Waals surface area contributed by atoms with Crippen LogP contribution in [-0.2, 0) is 0 Å². The Morgan fingerprint density at radius 2 is 2.09 bits per heavy atom. The average molecular weight is 322 g/mol. The Morgan fingerprint density at radius 3 is 2.78 bits per heavy atom. The largest absolute Gasteiger partial charge is 0.280 e. The van der Waals surface area contributed by atoms with Crippen LogP contribution in [0.15, 0.2) is 67.0 Å². The molecule has 0 unspecified atom stereocenters. The quantitative estimate of drug-likeness (QED) is 0.675. The molecule has 0 spiro atoms. The van der Waals surface area contributed by atoms with E-state index in [1.165, 1.54) is 29.9 Å². The molecule has 0 atom stereocenters. The summed E-state index contributed by atoms with van der Waals surface area (Å²) >= 11 is 1.41. The van der Waals surface area contributed by atoms with E-state index in [4.69, 9.17) is 0 Å². The van der Waals surface area contributed by atoms with Crippen LogP contribution in [0.1, 0.15) is 10.5 Å². The van der Waals surface area contributed by atoms with Gasteiger partial charge in [0.2, 0.25) is 0 Å². The lowest BCUT2D eigenvalue weighted by molar-refractivity contribution is 0.0984. The van der Waals surface area contributed by atoms with Gasteiger partial charge in [0.15, 0.2) is 5.13 Å². The van der Waals surface area contributed by atoms with Crippen LogP contribution in [0.25, 0.3) is 11.3 Å². The number of hydrogen-bond acceptors (Lipinski definition) is 5. The van der Waals surface area contributed by atoms with Gasteiger partial charge >= 0.3 is 0 Å². The van der Waals surface area contributed by atoms with Gasteiger partial charge in [-0.1, -0.05) is 36.4 Å². The molecule has 6 heteroatoms. The van der Waals surface area contributed by atoms with Gasteiger partial charge in [-0.2, -0.15) is 0 Å². The number of rotatable bonds is 5. The van der Waals surface area contributed by atoms with Crippen molar-refractivity contribution in [3.63, 3.8) is 0 Å². The summed E-state index contributed by atoms with van der Waals surface area (Å²) in [7, 11) is 0. The molecule has 0 radical (unpaired) electrons. The molecule has 0 saturated carbocycles. The van der Waals surface area contributed by atoms with Crippen molar-refractivity contribution in [2.45, 2.75) is 0 Å². The molecule has 2 aromatic heterocycles. The molecule has 1 aromatic carbocycles. The van der Waals surface area contributed by atoms with Gasteiger partial charge in [-0.3, -0.25) is 14.7 Å². The predicted molar refractivity (Wildman–Crippen MR) is 91.5 cm³/mol. The SMILES string of the molecule is C=CCN(C(=O)c1cnccn1)c1nc(-c2ccccc2)cs1. The van der Waals surface area contributed by atoms with Crippen LogP contribution in [0.4, 0.5) is 5.13 Å². The second kappa shape index (κ2) is 6.93. The van der Waals surface area contributed by atoms with E-state index in [0.717, 1.165) is 11.3 Å². The van der Waals surface area contributed by atoms with Gasteiger partial charge in [-0.25, -0.2) is 9.97 Å². The Morgan fingerprint density at radius 1 is 1.26 bits per heavy atom. The topological polar surface area (TPSA) is 59.0 Å². The smallest absolute Gasteiger partial charge is 0.279 e. The summed E-state index contributed by atoms with van der Waals surface area (Å²) in [5.74, 6) is -0.244. The molecule has 0 N–H and O–H groups in total. The van der Waals surface area contributed by atoms with E-state index in [0.29, 0.717) is 11.7 Å². The molecule has 1 amide bonds. The zero-order valence-electron chi connectivity index (χ0n) is 12.3. The van der Waals surface area contributed by atoms with Crippen LogP contribution >= 0.6 is 11.3 Å². The first kappa shape index (κ1) is 15.1. The van der Waals surface area contributed by atoms with E-state index in [2.05, 4.69) is 21.5 Å². The highest BCUT2D eigenvalue weighted by Gasteiger charge is 2.21. The maximum absolute atomic E-state index is 12.6. The molecule has 0 aliphatic rings. The number of amides is 1. The molecule has 0 aliphatic carbocycles. The normalized spacial score (nSPS) is 10.3. The van der Waals surface area contributed by atoms with Crippen molar-refractivity contribution in [1.29, 1.82) is 0 Å². The number of nitrogens with zero attached hydrogens (tertiary/aromatic N) is 4. The van der Waals surface area contributed by atoms with Crippen molar-refractivity contribution in [3.05, 3.63) is 72.7 Å². The standard InChI is InChI=1S/C17H14N4OS/c1-2-10-21(16(22)14-11-18-8-9-19-14)17-20-15(12-23-17)13-6-4-3-5-7-13/h2-9,11-12H,1,10H2. The molecule has 3 aromatic rings. The molecular formula is C17H14N4OS. The van der Waals surface area contributed by atoms with E-state index >= 15 is 0 Å². The van der Waals surface area contributed by atoms with Crippen LogP contribution in [-0.4, -0.2) is 27.4 Å². The highest BCUT2D eigenvalue weighted by atomic mass is 32.1. The average Bonchev–Trinajstić information content (AvgIpc) is 3.10. The fourth-order valence-corrected chi connectivity index (χ4v) is 2.90. The van der Waals surface area contributed by atoms with Crippen LogP contribution in [0.5, 0.6) is 0 Å². The highest BCUT2D eigenvalue weighted by molar-refractivity contribution is 7.14. The van der Waals surface area contributed by atoms with Crippen molar-refractivity contribution in [2.75, 3.05) is 11.4 Å². The number of carbonyl (C=O) groups is 1. The molecule has 5 nitrogen and oxygen atoms in total. The van der Waals surface area contributed by atoms with Crippen molar-refractivity contribution in [3.8, 4) is 11.3 Å². The number of benzene rings is 1. The predicted octanol–water partition coefficient (Wildman–Crippen LogP) is 3.43. The third-order valence-electron chi connectivity index (χ3n) is 3.13. The minimum absolute atomic E-state index is 0.244. The number of carbonyl (C=O) groups excluding carboxylic acids is 1. The highest BCUT2D eigenvalue weighted by Crippen LogP contribution is 2.28. The van der Waals surface area contributed by atoms with Gasteiger partial charge in [0.05, 0.1) is 11.9 Å². The van der Waals surface area contributed by atoms with Crippen molar-refractivity contribution in [1.82, 2.24) is 15.0 Å². The molecule has 3 rings (SSSR count). The Bertz CT molecular complexity index is 802. The third-order valence-corrected chi connectivity index (χ3v) is 4.00. The first-order valence-electron chi connectivity index (χ1n) is 6.99. The van der Waals surface area contributed by atoms with E-state index in [9.17, 15) is 4.79 Å². The Labute approximate surface area is 138 Å². The van der Waals surface area contributed by atoms with Gasteiger partial charge in [-0.15, -0.1) is 17.9 Å². The molecule has 2 heterocycles. The summed E-state index contributed by atoms with van der Waals surface area (Å²) in [6.07, 6.45) is 6.14. The third kappa shape index (κ3) is 3.32. The molecular weight excluding hydrogens is 308 g/mol. The van der Waals surface area contributed by atoms with E-state index in [1.54, 1.807) is 11.0 Å². The van der Waals surface area contributed by atoms with Gasteiger partial charge in [0.25, 0.3) is 5.91 Å². The number of anilines is 1. The fourth-order valence-electron chi connectivity index (χ4n) is 2.05. The maximum atomic E-state index is 12.6. The summed E-state index contributed by atoms with van der Waals surface area (Å²) in [6.45, 7) is 4.07. The number of aromatic nitrogens is 3. The molecule has 0 fully saturated rings. The van der Waals surface area contributed by atoms with Crippen molar-refractivity contribution < 1.29 is 4.79 Å². The van der Waals surface area contributed by atoms with Crippen LogP contribution in [0, 0.1) is 0 Å². The van der Waals surface area contributed by atoms with Crippen LogP contribution < -0.4 is 4.90 Å². The number of hydrogen-bond donors (Lipinski definition) is 0. The van der Waals surface area contributed by atoms with E-state index < -0.39 is 0 Å². The summed E-state index contributed by atoms with van der Waals surface area (Å²) in [4.78, 5) is 26.7. The van der Waals surface area contributed by atoms with Gasteiger partial charge in [0.1, 0.15) is 5.69 Å². The monoisotopic (exact) mass is 322 g/mol. The first-order chi connectivity index (χ1) is 11.3. The molecule has 114 valence electrons. The summed E-state index contributed by atoms with van der Waals surface area (Å²) < 4.78 is 0. The lowest BCUT2D eigenvalue weighted by Gasteiger charge is -2.17. The Hall–Kier alpha value is -2.86. The number of thiazole rings is 1. The lowest BCUT2D eigenvalue weighted by Crippen LogP contribution is -2.31. The summed E-state index contributed by atoms with van der Waals surface area (Å²) in [6, 6.07) is 9.85. The Kier molecular flexibility index (Phi) is 4.54. The summed E-state index contributed by atoms with van der Waals surface area (Å²) in [5, 5.41) is 2.55. The summed E-state index contributed by atoms with van der Waals surface area (Å²) in [5.41, 5.74) is 2.14. The zero-order chi connectivity index (χ0) is 16.1. The van der Waals surface area contributed by atoms with Gasteiger partial charge in [-0.05, 0) is 0 Å².